The average molecular weight is 338 g/mol. The molecule has 3 aliphatic rings. The summed E-state index contributed by atoms with van der Waals surface area (Å²) in [5.41, 5.74) is -0.839. The average Bonchev–Trinajstić information content (AvgIpc) is 2.86. The predicted molar refractivity (Wildman–Crippen MR) is 89.4 cm³/mol. The van der Waals surface area contributed by atoms with Crippen LogP contribution < -0.4 is 0 Å². The Morgan fingerprint density at radius 2 is 1.38 bits per heavy atom. The van der Waals surface area contributed by atoms with Crippen molar-refractivity contribution in [2.75, 3.05) is 52.6 Å². The van der Waals surface area contributed by atoms with Crippen LogP contribution in [0.3, 0.4) is 0 Å². The second kappa shape index (κ2) is 6.64. The summed E-state index contributed by atoms with van der Waals surface area (Å²) < 4.78 is 10.7. The van der Waals surface area contributed by atoms with Crippen LogP contribution in [0, 0.1) is 16.7 Å². The molecule has 2 amide bonds. The molecule has 0 aromatic carbocycles. The van der Waals surface area contributed by atoms with Crippen molar-refractivity contribution >= 4 is 11.8 Å². The molecule has 0 radical (unpaired) electrons. The van der Waals surface area contributed by atoms with Crippen molar-refractivity contribution in [1.82, 2.24) is 9.80 Å². The van der Waals surface area contributed by atoms with Crippen LogP contribution in [0.2, 0.25) is 0 Å². The van der Waals surface area contributed by atoms with E-state index in [9.17, 15) is 9.59 Å². The van der Waals surface area contributed by atoms with E-state index in [1.807, 2.05) is 9.80 Å². The van der Waals surface area contributed by atoms with Crippen LogP contribution in [-0.4, -0.2) is 74.2 Å². The Bertz CT molecular complexity index is 495. The smallest absolute Gasteiger partial charge is 0.229 e. The van der Waals surface area contributed by atoms with Gasteiger partial charge in [-0.3, -0.25) is 9.59 Å². The molecule has 3 rings (SSSR count). The summed E-state index contributed by atoms with van der Waals surface area (Å²) in [6.07, 6.45) is 1.56. The van der Waals surface area contributed by atoms with Crippen molar-refractivity contribution in [3.05, 3.63) is 0 Å². The summed E-state index contributed by atoms with van der Waals surface area (Å²) in [6, 6.07) is 0. The molecule has 6 heteroatoms. The molecule has 2 atom stereocenters. The minimum atomic E-state index is -0.489. The van der Waals surface area contributed by atoms with Gasteiger partial charge >= 0.3 is 0 Å². The van der Waals surface area contributed by atoms with E-state index in [0.29, 0.717) is 52.6 Å². The van der Waals surface area contributed by atoms with Crippen molar-refractivity contribution in [2.45, 2.75) is 33.6 Å². The Labute approximate surface area is 144 Å². The number of nitrogens with zero attached hydrogens (tertiary/aromatic N) is 2. The topological polar surface area (TPSA) is 59.1 Å². The second-order valence-corrected chi connectivity index (χ2v) is 7.99. The first-order valence-electron chi connectivity index (χ1n) is 9.11. The highest BCUT2D eigenvalue weighted by Gasteiger charge is 2.59. The molecule has 1 saturated carbocycles. The fraction of sp³-hybridized carbons (Fsp3) is 0.889. The lowest BCUT2D eigenvalue weighted by Gasteiger charge is -2.44. The van der Waals surface area contributed by atoms with E-state index in [4.69, 9.17) is 9.47 Å². The van der Waals surface area contributed by atoms with Crippen molar-refractivity contribution in [2.24, 2.45) is 16.7 Å². The van der Waals surface area contributed by atoms with Gasteiger partial charge in [0.05, 0.1) is 31.8 Å². The third kappa shape index (κ3) is 2.84. The highest BCUT2D eigenvalue weighted by atomic mass is 16.5. The maximum absolute atomic E-state index is 13.2. The fourth-order valence-electron chi connectivity index (χ4n) is 4.43. The minimum Gasteiger partial charge on any atom is -0.378 e. The maximum Gasteiger partial charge on any atom is 0.229 e. The molecule has 3 fully saturated rings. The number of ether oxygens (including phenoxy) is 2. The summed E-state index contributed by atoms with van der Waals surface area (Å²) in [7, 11) is 0. The van der Waals surface area contributed by atoms with Gasteiger partial charge < -0.3 is 19.3 Å². The van der Waals surface area contributed by atoms with Crippen LogP contribution >= 0.6 is 0 Å². The molecule has 0 aromatic heterocycles. The largest absolute Gasteiger partial charge is 0.378 e. The van der Waals surface area contributed by atoms with Gasteiger partial charge in [-0.05, 0) is 18.3 Å². The van der Waals surface area contributed by atoms with E-state index in [1.54, 1.807) is 0 Å². The van der Waals surface area contributed by atoms with Gasteiger partial charge in [0.25, 0.3) is 0 Å². The number of hydrogen-bond acceptors (Lipinski definition) is 4. The first kappa shape index (κ1) is 17.7. The number of morpholine rings is 2. The van der Waals surface area contributed by atoms with Gasteiger partial charge in [0.15, 0.2) is 0 Å². The number of carbonyl (C=O) groups is 2. The molecule has 2 heterocycles. The molecule has 24 heavy (non-hydrogen) atoms. The van der Waals surface area contributed by atoms with Crippen LogP contribution in [0.25, 0.3) is 0 Å². The van der Waals surface area contributed by atoms with Crippen LogP contribution in [-0.2, 0) is 19.1 Å². The molecule has 2 saturated heterocycles. The Hall–Kier alpha value is -1.14. The first-order chi connectivity index (χ1) is 11.4. The standard InChI is InChI=1S/C18H30N2O4/c1-17(2)14(15(21)19-6-10-23-11-7-19)4-5-18(17,3)16(22)20-8-12-24-13-9-20/h14H,4-13H2,1-3H3. The third-order valence-electron chi connectivity index (χ3n) is 6.62. The van der Waals surface area contributed by atoms with Crippen LogP contribution in [0.5, 0.6) is 0 Å². The molecule has 0 aromatic rings. The zero-order valence-electron chi connectivity index (χ0n) is 15.2. The molecule has 1 aliphatic carbocycles. The first-order valence-corrected chi connectivity index (χ1v) is 9.11. The fourth-order valence-corrected chi connectivity index (χ4v) is 4.43. The lowest BCUT2D eigenvalue weighted by atomic mass is 9.64. The molecule has 136 valence electrons. The number of rotatable bonds is 2. The molecule has 2 aliphatic heterocycles. The number of amides is 2. The monoisotopic (exact) mass is 338 g/mol. The molecule has 2 unspecified atom stereocenters. The minimum absolute atomic E-state index is 0.0920. The predicted octanol–water partition coefficient (Wildman–Crippen LogP) is 1.15. The molecular formula is C18H30N2O4. The van der Waals surface area contributed by atoms with Gasteiger partial charge in [-0.25, -0.2) is 0 Å². The van der Waals surface area contributed by atoms with Gasteiger partial charge in [-0.2, -0.15) is 0 Å². The van der Waals surface area contributed by atoms with Gasteiger partial charge in [-0.15, -0.1) is 0 Å². The molecule has 0 spiro atoms. The van der Waals surface area contributed by atoms with Gasteiger partial charge in [0.2, 0.25) is 11.8 Å². The van der Waals surface area contributed by atoms with Crippen LogP contribution in [0.15, 0.2) is 0 Å². The lowest BCUT2D eigenvalue weighted by Crippen LogP contribution is -2.54. The molecule has 6 nitrogen and oxygen atoms in total. The Kier molecular flexibility index (Phi) is 4.89. The summed E-state index contributed by atoms with van der Waals surface area (Å²) in [5, 5.41) is 0. The summed E-state index contributed by atoms with van der Waals surface area (Å²) >= 11 is 0. The number of hydrogen-bond donors (Lipinski definition) is 0. The zero-order chi connectivity index (χ0) is 17.4. The molecule has 0 bridgehead atoms. The Balaban J connectivity index is 1.76. The summed E-state index contributed by atoms with van der Waals surface area (Å²) in [6.45, 7) is 11.3. The van der Waals surface area contributed by atoms with E-state index in [1.165, 1.54) is 0 Å². The SMILES string of the molecule is CC1(C(=O)N2CCOCC2)CCC(C(=O)N2CCOCC2)C1(C)C. The van der Waals surface area contributed by atoms with Gasteiger partial charge in [0.1, 0.15) is 0 Å². The molecule has 0 N–H and O–H groups in total. The highest BCUT2D eigenvalue weighted by Crippen LogP contribution is 2.57. The van der Waals surface area contributed by atoms with Crippen molar-refractivity contribution < 1.29 is 19.1 Å². The van der Waals surface area contributed by atoms with E-state index < -0.39 is 5.41 Å². The van der Waals surface area contributed by atoms with Crippen LogP contribution in [0.4, 0.5) is 0 Å². The second-order valence-electron chi connectivity index (χ2n) is 7.99. The lowest BCUT2D eigenvalue weighted by molar-refractivity contribution is -0.155. The quantitative estimate of drug-likeness (QED) is 0.758. The van der Waals surface area contributed by atoms with Gasteiger partial charge in [-0.1, -0.05) is 20.8 Å². The summed E-state index contributed by atoms with van der Waals surface area (Å²) in [4.78, 5) is 30.1. The van der Waals surface area contributed by atoms with Crippen molar-refractivity contribution in [3.63, 3.8) is 0 Å². The van der Waals surface area contributed by atoms with Crippen molar-refractivity contribution in [1.29, 1.82) is 0 Å². The summed E-state index contributed by atoms with van der Waals surface area (Å²) in [5.74, 6) is 0.292. The Morgan fingerprint density at radius 1 is 0.875 bits per heavy atom. The van der Waals surface area contributed by atoms with E-state index in [-0.39, 0.29) is 23.1 Å². The normalized spacial score (nSPS) is 33.5. The number of carbonyl (C=O) groups excluding carboxylic acids is 2. The van der Waals surface area contributed by atoms with E-state index in [0.717, 1.165) is 12.8 Å². The van der Waals surface area contributed by atoms with Crippen LogP contribution in [0.1, 0.15) is 33.6 Å². The van der Waals surface area contributed by atoms with E-state index >= 15 is 0 Å². The zero-order valence-corrected chi connectivity index (χ0v) is 15.2. The maximum atomic E-state index is 13.2. The van der Waals surface area contributed by atoms with Gasteiger partial charge in [0, 0.05) is 32.1 Å². The molecular weight excluding hydrogens is 308 g/mol. The van der Waals surface area contributed by atoms with Crippen molar-refractivity contribution in [3.8, 4) is 0 Å². The highest BCUT2D eigenvalue weighted by molar-refractivity contribution is 5.87. The van der Waals surface area contributed by atoms with E-state index in [2.05, 4.69) is 20.8 Å². The third-order valence-corrected chi connectivity index (χ3v) is 6.62. The Morgan fingerprint density at radius 3 is 1.92 bits per heavy atom.